The predicted octanol–water partition coefficient (Wildman–Crippen LogP) is 0.723. The van der Waals surface area contributed by atoms with Gasteiger partial charge in [-0.2, -0.15) is 0 Å². The fourth-order valence-electron chi connectivity index (χ4n) is 1.32. The van der Waals surface area contributed by atoms with Gasteiger partial charge in [-0.05, 0) is 12.5 Å². The lowest BCUT2D eigenvalue weighted by Gasteiger charge is -2.26. The molecule has 0 atom stereocenters. The van der Waals surface area contributed by atoms with E-state index in [9.17, 15) is 9.59 Å². The van der Waals surface area contributed by atoms with Crippen molar-refractivity contribution in [3.05, 3.63) is 24.2 Å². The summed E-state index contributed by atoms with van der Waals surface area (Å²) in [5.41, 5.74) is 5.97. The van der Waals surface area contributed by atoms with E-state index in [1.165, 1.54) is 11.1 Å². The molecule has 92 valence electrons. The first kappa shape index (κ1) is 13.0. The number of nitrogens with zero attached hydrogens (tertiary/aromatic N) is 2. The molecule has 1 aliphatic heterocycles. The number of nitrogens with two attached hydrogens (primary N) is 1. The maximum Gasteiger partial charge on any atom is 0.328 e. The Kier molecular flexibility index (Phi) is 4.45. The van der Waals surface area contributed by atoms with E-state index in [-0.39, 0.29) is 12.3 Å². The van der Waals surface area contributed by atoms with Crippen LogP contribution in [0.25, 0.3) is 0 Å². The smallest absolute Gasteiger partial charge is 0.328 e. The summed E-state index contributed by atoms with van der Waals surface area (Å²) in [5.74, 6) is 0.100. The van der Waals surface area contributed by atoms with Crippen LogP contribution in [0, 0.1) is 0 Å². The Bertz CT molecular complexity index is 398. The Labute approximate surface area is 99.9 Å². The molecule has 17 heavy (non-hydrogen) atoms. The van der Waals surface area contributed by atoms with Crippen molar-refractivity contribution in [2.24, 2.45) is 10.7 Å². The summed E-state index contributed by atoms with van der Waals surface area (Å²) in [5, 5.41) is 2.20. The summed E-state index contributed by atoms with van der Waals surface area (Å²) < 4.78 is 0. The molecule has 0 spiro atoms. The zero-order valence-electron chi connectivity index (χ0n) is 9.77. The van der Waals surface area contributed by atoms with Crippen LogP contribution >= 0.6 is 0 Å². The highest BCUT2D eigenvalue weighted by molar-refractivity contribution is 5.99. The highest BCUT2D eigenvalue weighted by Crippen LogP contribution is 2.06. The topological polar surface area (TPSA) is 87.8 Å². The molecule has 6 nitrogen and oxygen atoms in total. The molecule has 1 fully saturated rings. The van der Waals surface area contributed by atoms with Gasteiger partial charge < -0.3 is 5.73 Å². The van der Waals surface area contributed by atoms with E-state index in [4.69, 9.17) is 5.73 Å². The third kappa shape index (κ3) is 3.75. The van der Waals surface area contributed by atoms with Crippen molar-refractivity contribution in [2.75, 3.05) is 6.54 Å². The first-order chi connectivity index (χ1) is 8.04. The van der Waals surface area contributed by atoms with Gasteiger partial charge in [0.2, 0.25) is 5.91 Å². The molecule has 0 saturated carbocycles. The number of imide groups is 1. The van der Waals surface area contributed by atoms with Crippen LogP contribution in [-0.4, -0.2) is 29.6 Å². The summed E-state index contributed by atoms with van der Waals surface area (Å²) in [6, 6.07) is -0.476. The van der Waals surface area contributed by atoms with Gasteiger partial charge in [-0.15, -0.1) is 0 Å². The number of nitrogens with one attached hydrogen (secondary N) is 1. The number of rotatable bonds is 4. The van der Waals surface area contributed by atoms with Gasteiger partial charge in [0, 0.05) is 13.0 Å². The molecule has 3 amide bonds. The molecule has 0 bridgehead atoms. The van der Waals surface area contributed by atoms with Gasteiger partial charge in [-0.1, -0.05) is 13.5 Å². The second kappa shape index (κ2) is 5.83. The van der Waals surface area contributed by atoms with E-state index in [0.29, 0.717) is 18.1 Å². The van der Waals surface area contributed by atoms with Crippen molar-refractivity contribution in [3.8, 4) is 0 Å². The van der Waals surface area contributed by atoms with Gasteiger partial charge in [0.25, 0.3) is 0 Å². The molecular formula is C11H16N4O2. The van der Waals surface area contributed by atoms with Crippen LogP contribution in [0.4, 0.5) is 4.79 Å². The van der Waals surface area contributed by atoms with Crippen LogP contribution in [0.15, 0.2) is 29.2 Å². The van der Waals surface area contributed by atoms with Crippen molar-refractivity contribution in [2.45, 2.75) is 19.8 Å². The number of carbonyl (C=O) groups is 2. The first-order valence-electron chi connectivity index (χ1n) is 5.34. The third-order valence-corrected chi connectivity index (χ3v) is 2.18. The second-order valence-corrected chi connectivity index (χ2v) is 3.54. The van der Waals surface area contributed by atoms with E-state index >= 15 is 0 Å². The van der Waals surface area contributed by atoms with Crippen molar-refractivity contribution in [3.63, 3.8) is 0 Å². The average Bonchev–Trinajstić information content (AvgIpc) is 2.26. The summed E-state index contributed by atoms with van der Waals surface area (Å²) in [6.45, 7) is 5.97. The monoisotopic (exact) mass is 236 g/mol. The minimum atomic E-state index is -0.476. The SMILES string of the molecule is C=C(/C=N\C(N)=C/CC)N1CCC(=O)NC1=O. The largest absolute Gasteiger partial charge is 0.384 e. The van der Waals surface area contributed by atoms with E-state index in [1.54, 1.807) is 6.08 Å². The lowest BCUT2D eigenvalue weighted by atomic mass is 10.3. The minimum Gasteiger partial charge on any atom is -0.384 e. The summed E-state index contributed by atoms with van der Waals surface area (Å²) >= 11 is 0. The number of hydrogen-bond acceptors (Lipinski definition) is 4. The molecule has 0 radical (unpaired) electrons. The van der Waals surface area contributed by atoms with Crippen LogP contribution in [0.1, 0.15) is 19.8 Å². The van der Waals surface area contributed by atoms with Gasteiger partial charge in [-0.25, -0.2) is 9.79 Å². The van der Waals surface area contributed by atoms with Gasteiger partial charge in [-0.3, -0.25) is 15.0 Å². The lowest BCUT2D eigenvalue weighted by molar-refractivity contribution is -0.121. The fourth-order valence-corrected chi connectivity index (χ4v) is 1.32. The van der Waals surface area contributed by atoms with Crippen LogP contribution in [0.5, 0.6) is 0 Å². The zero-order chi connectivity index (χ0) is 12.8. The Morgan fingerprint density at radius 1 is 1.65 bits per heavy atom. The average molecular weight is 236 g/mol. The first-order valence-corrected chi connectivity index (χ1v) is 5.34. The van der Waals surface area contributed by atoms with E-state index in [1.807, 2.05) is 6.92 Å². The number of carbonyl (C=O) groups excluding carboxylic acids is 2. The molecule has 0 aliphatic carbocycles. The second-order valence-electron chi connectivity index (χ2n) is 3.54. The fraction of sp³-hybridized carbons (Fsp3) is 0.364. The number of allylic oxidation sites excluding steroid dienone is 2. The summed E-state index contributed by atoms with van der Waals surface area (Å²) in [6.07, 6.45) is 4.22. The van der Waals surface area contributed by atoms with Crippen molar-refractivity contribution in [1.29, 1.82) is 0 Å². The van der Waals surface area contributed by atoms with Crippen molar-refractivity contribution in [1.82, 2.24) is 10.2 Å². The van der Waals surface area contributed by atoms with E-state index in [2.05, 4.69) is 16.9 Å². The molecule has 3 N–H and O–H groups in total. The van der Waals surface area contributed by atoms with Gasteiger partial charge in [0.05, 0.1) is 11.9 Å². The maximum absolute atomic E-state index is 11.4. The zero-order valence-corrected chi connectivity index (χ0v) is 9.77. The molecule has 0 aromatic carbocycles. The van der Waals surface area contributed by atoms with Crippen LogP contribution < -0.4 is 11.1 Å². The minimum absolute atomic E-state index is 0.263. The van der Waals surface area contributed by atoms with Crippen molar-refractivity contribution >= 4 is 18.2 Å². The number of aliphatic imine (C=N–C) groups is 1. The Morgan fingerprint density at radius 2 is 2.35 bits per heavy atom. The lowest BCUT2D eigenvalue weighted by Crippen LogP contribution is -2.48. The molecule has 6 heteroatoms. The predicted molar refractivity (Wildman–Crippen MR) is 65.1 cm³/mol. The van der Waals surface area contributed by atoms with Gasteiger partial charge in [0.15, 0.2) is 0 Å². The number of urea groups is 1. The van der Waals surface area contributed by atoms with Crippen LogP contribution in [-0.2, 0) is 4.79 Å². The number of amides is 3. The Morgan fingerprint density at radius 3 is 2.94 bits per heavy atom. The molecule has 1 rings (SSSR count). The van der Waals surface area contributed by atoms with Crippen LogP contribution in [0.2, 0.25) is 0 Å². The van der Waals surface area contributed by atoms with Gasteiger partial charge in [0.1, 0.15) is 5.82 Å². The van der Waals surface area contributed by atoms with Crippen LogP contribution in [0.3, 0.4) is 0 Å². The van der Waals surface area contributed by atoms with E-state index in [0.717, 1.165) is 6.42 Å². The summed E-state index contributed by atoms with van der Waals surface area (Å²) in [7, 11) is 0. The van der Waals surface area contributed by atoms with Crippen molar-refractivity contribution < 1.29 is 9.59 Å². The molecule has 1 heterocycles. The van der Waals surface area contributed by atoms with Gasteiger partial charge >= 0.3 is 6.03 Å². The molecule has 0 aromatic rings. The molecule has 0 unspecified atom stereocenters. The Hall–Kier alpha value is -2.11. The summed E-state index contributed by atoms with van der Waals surface area (Å²) in [4.78, 5) is 27.7. The normalized spacial score (nSPS) is 17.5. The molecular weight excluding hydrogens is 220 g/mol. The molecule has 1 saturated heterocycles. The molecule has 0 aromatic heterocycles. The quantitative estimate of drug-likeness (QED) is 0.705. The molecule has 1 aliphatic rings. The highest BCUT2D eigenvalue weighted by atomic mass is 16.2. The third-order valence-electron chi connectivity index (χ3n) is 2.18. The number of hydrogen-bond donors (Lipinski definition) is 2. The standard InChI is InChI=1S/C11H16N4O2/c1-3-4-9(12)13-7-8(2)15-6-5-10(16)14-11(15)17/h4,7H,2-3,5-6,12H2,1H3,(H,14,16,17)/b9-4-,13-7-. The van der Waals surface area contributed by atoms with E-state index < -0.39 is 6.03 Å². The Balaban J connectivity index is 2.62. The highest BCUT2D eigenvalue weighted by Gasteiger charge is 2.23. The maximum atomic E-state index is 11.4.